The van der Waals surface area contributed by atoms with E-state index in [0.717, 1.165) is 37.5 Å². The van der Waals surface area contributed by atoms with E-state index >= 15 is 0 Å². The third-order valence-electron chi connectivity index (χ3n) is 11.3. The zero-order valence-electron chi connectivity index (χ0n) is 20.8. The molecule has 0 aromatic carbocycles. The molecule has 0 amide bonds. The van der Waals surface area contributed by atoms with Crippen LogP contribution in [-0.4, -0.2) is 17.0 Å². The van der Waals surface area contributed by atoms with Crippen LogP contribution in [0.4, 0.5) is 0 Å². The van der Waals surface area contributed by atoms with Crippen LogP contribution in [-0.2, 0) is 4.79 Å². The molecule has 0 heterocycles. The highest BCUT2D eigenvalue weighted by molar-refractivity contribution is 5.85. The fraction of sp³-hybridized carbons (Fsp3) is 0.897. The molecule has 1 N–H and O–H groups in total. The molecule has 4 fully saturated rings. The second-order valence-electron chi connectivity index (χ2n) is 13.4. The van der Waals surface area contributed by atoms with E-state index in [1.165, 1.54) is 44.9 Å². The molecule has 2 heteroatoms. The Labute approximate surface area is 190 Å². The number of Topliss-reactive ketones (excluding diaryl/α,β-unsaturated/α-hetero) is 1. The molecule has 0 radical (unpaired) electrons. The summed E-state index contributed by atoms with van der Waals surface area (Å²) >= 11 is 0. The monoisotopic (exact) mass is 426 g/mol. The summed E-state index contributed by atoms with van der Waals surface area (Å²) in [5, 5.41) is 10.8. The minimum atomic E-state index is -0.110. The van der Waals surface area contributed by atoms with Gasteiger partial charge in [-0.1, -0.05) is 59.1 Å². The maximum Gasteiger partial charge on any atom is 0.137 e. The lowest BCUT2D eigenvalue weighted by Crippen LogP contribution is -2.53. The largest absolute Gasteiger partial charge is 0.392 e. The maximum atomic E-state index is 13.4. The minimum Gasteiger partial charge on any atom is -0.392 e. The number of fused-ring (bicyclic) bond motifs is 6. The summed E-state index contributed by atoms with van der Waals surface area (Å²) in [4.78, 5) is 13.4. The molecule has 4 saturated carbocycles. The first-order valence-electron chi connectivity index (χ1n) is 13.6. The molecule has 5 aliphatic rings. The molecule has 0 bridgehead atoms. The van der Waals surface area contributed by atoms with Crippen LogP contribution in [0, 0.1) is 51.8 Å². The molecule has 0 saturated heterocycles. The van der Waals surface area contributed by atoms with Crippen molar-refractivity contribution in [3.05, 3.63) is 11.6 Å². The predicted molar refractivity (Wildman–Crippen MR) is 126 cm³/mol. The third-order valence-corrected chi connectivity index (χ3v) is 11.3. The highest BCUT2D eigenvalue weighted by Crippen LogP contribution is 2.72. The van der Waals surface area contributed by atoms with Crippen molar-refractivity contribution in [3.8, 4) is 0 Å². The number of hydrogen-bond acceptors (Lipinski definition) is 2. The molecule has 174 valence electrons. The normalized spacial score (nSPS) is 46.4. The number of rotatable bonds is 5. The van der Waals surface area contributed by atoms with Gasteiger partial charge in [-0.3, -0.25) is 4.79 Å². The summed E-state index contributed by atoms with van der Waals surface area (Å²) < 4.78 is 0. The first kappa shape index (κ1) is 22.2. The SMILES string of the molecule is CC(C)CCC[C@@H](C)[C@H]1C(=O)C[C@H]2[C@@H]3CC=C4C5(CC5)C(O)CC[C@]4(C)[C@H]3CC[C@]12C. The Kier molecular flexibility index (Phi) is 5.32. The number of allylic oxidation sites excluding steroid dienone is 1. The van der Waals surface area contributed by atoms with Gasteiger partial charge in [-0.15, -0.1) is 0 Å². The zero-order chi connectivity index (χ0) is 22.2. The lowest BCUT2D eigenvalue weighted by Gasteiger charge is -2.59. The summed E-state index contributed by atoms with van der Waals surface area (Å²) in [6.07, 6.45) is 15.3. The molecule has 1 unspecified atom stereocenters. The van der Waals surface area contributed by atoms with Gasteiger partial charge in [0.05, 0.1) is 6.10 Å². The van der Waals surface area contributed by atoms with Gasteiger partial charge in [0, 0.05) is 17.8 Å². The number of ketones is 1. The van der Waals surface area contributed by atoms with Crippen LogP contribution in [0.1, 0.15) is 105 Å². The molecule has 5 aliphatic carbocycles. The fourth-order valence-corrected chi connectivity index (χ4v) is 9.63. The average Bonchev–Trinajstić information content (AvgIpc) is 3.43. The first-order chi connectivity index (χ1) is 14.6. The Hall–Kier alpha value is -0.630. The van der Waals surface area contributed by atoms with Crippen LogP contribution in [0.25, 0.3) is 0 Å². The first-order valence-corrected chi connectivity index (χ1v) is 13.6. The summed E-state index contributed by atoms with van der Waals surface area (Å²) in [6.45, 7) is 12.0. The van der Waals surface area contributed by atoms with Crippen LogP contribution in [0.2, 0.25) is 0 Å². The molecule has 2 nitrogen and oxygen atoms in total. The van der Waals surface area contributed by atoms with Crippen molar-refractivity contribution in [2.45, 2.75) is 111 Å². The van der Waals surface area contributed by atoms with Gasteiger partial charge in [-0.2, -0.15) is 0 Å². The van der Waals surface area contributed by atoms with E-state index in [9.17, 15) is 9.90 Å². The smallest absolute Gasteiger partial charge is 0.137 e. The Morgan fingerprint density at radius 2 is 1.77 bits per heavy atom. The molecular formula is C29H46O2. The number of hydrogen-bond donors (Lipinski definition) is 1. The topological polar surface area (TPSA) is 37.3 Å². The van der Waals surface area contributed by atoms with Crippen molar-refractivity contribution >= 4 is 5.78 Å². The Balaban J connectivity index is 1.39. The Bertz CT molecular complexity index is 761. The highest BCUT2D eigenvalue weighted by atomic mass is 16.3. The molecule has 1 spiro atoms. The van der Waals surface area contributed by atoms with Gasteiger partial charge in [0.15, 0.2) is 0 Å². The Morgan fingerprint density at radius 3 is 2.45 bits per heavy atom. The van der Waals surface area contributed by atoms with E-state index < -0.39 is 0 Å². The van der Waals surface area contributed by atoms with Crippen molar-refractivity contribution < 1.29 is 9.90 Å². The quantitative estimate of drug-likeness (QED) is 0.483. The maximum absolute atomic E-state index is 13.4. The summed E-state index contributed by atoms with van der Waals surface area (Å²) in [7, 11) is 0. The van der Waals surface area contributed by atoms with E-state index in [1.54, 1.807) is 5.57 Å². The van der Waals surface area contributed by atoms with Crippen molar-refractivity contribution in [3.63, 3.8) is 0 Å². The van der Waals surface area contributed by atoms with Crippen LogP contribution >= 0.6 is 0 Å². The van der Waals surface area contributed by atoms with Crippen LogP contribution in [0.15, 0.2) is 11.6 Å². The summed E-state index contributed by atoms with van der Waals surface area (Å²) in [5.41, 5.74) is 2.25. The molecule has 31 heavy (non-hydrogen) atoms. The van der Waals surface area contributed by atoms with Gasteiger partial charge in [0.25, 0.3) is 0 Å². The molecule has 0 aliphatic heterocycles. The second kappa shape index (κ2) is 7.44. The van der Waals surface area contributed by atoms with E-state index in [0.29, 0.717) is 23.5 Å². The Morgan fingerprint density at radius 1 is 1.03 bits per heavy atom. The third kappa shape index (κ3) is 3.17. The van der Waals surface area contributed by atoms with Gasteiger partial charge in [-0.25, -0.2) is 0 Å². The van der Waals surface area contributed by atoms with Crippen molar-refractivity contribution in [1.82, 2.24) is 0 Å². The summed E-state index contributed by atoms with van der Waals surface area (Å²) in [6, 6.07) is 0. The second-order valence-corrected chi connectivity index (χ2v) is 13.4. The van der Waals surface area contributed by atoms with Gasteiger partial charge >= 0.3 is 0 Å². The number of carbonyl (C=O) groups is 1. The van der Waals surface area contributed by atoms with Crippen LogP contribution in [0.3, 0.4) is 0 Å². The van der Waals surface area contributed by atoms with E-state index in [1.807, 2.05) is 0 Å². The van der Waals surface area contributed by atoms with Gasteiger partial charge in [0.1, 0.15) is 5.78 Å². The number of carbonyl (C=O) groups excluding carboxylic acids is 1. The molecule has 0 aromatic rings. The predicted octanol–water partition coefficient (Wildman–Crippen LogP) is 6.96. The van der Waals surface area contributed by atoms with Crippen molar-refractivity contribution in [1.29, 1.82) is 0 Å². The van der Waals surface area contributed by atoms with E-state index in [4.69, 9.17) is 0 Å². The van der Waals surface area contributed by atoms with Gasteiger partial charge < -0.3 is 5.11 Å². The van der Waals surface area contributed by atoms with E-state index in [-0.39, 0.29) is 28.3 Å². The number of aliphatic hydroxyl groups excluding tert-OH is 1. The molecule has 0 aromatic heterocycles. The highest BCUT2D eigenvalue weighted by Gasteiger charge is 2.66. The lowest BCUT2D eigenvalue weighted by molar-refractivity contribution is -0.124. The van der Waals surface area contributed by atoms with Crippen molar-refractivity contribution in [2.24, 2.45) is 51.8 Å². The van der Waals surface area contributed by atoms with Crippen LogP contribution in [0.5, 0.6) is 0 Å². The standard InChI is InChI=1S/C29H46O2/c1-18(2)7-6-8-19(3)26-23(30)17-22-20-9-10-24-27(4,21(20)11-13-28(22,26)5)14-12-25(31)29(24)15-16-29/h10,18-22,25-26,31H,6-9,11-17H2,1-5H3/t19-,20-,21+,22+,25?,26+,27-,28+/m1/s1. The zero-order valence-corrected chi connectivity index (χ0v) is 20.8. The van der Waals surface area contributed by atoms with Gasteiger partial charge in [-0.05, 0) is 91.8 Å². The van der Waals surface area contributed by atoms with E-state index in [2.05, 4.69) is 40.7 Å². The molecule has 8 atom stereocenters. The lowest BCUT2D eigenvalue weighted by atomic mass is 9.45. The molecular weight excluding hydrogens is 380 g/mol. The van der Waals surface area contributed by atoms with Crippen molar-refractivity contribution in [2.75, 3.05) is 0 Å². The number of aliphatic hydroxyl groups is 1. The van der Waals surface area contributed by atoms with Gasteiger partial charge in [0.2, 0.25) is 0 Å². The fourth-order valence-electron chi connectivity index (χ4n) is 9.63. The minimum absolute atomic E-state index is 0.110. The van der Waals surface area contributed by atoms with Crippen LogP contribution < -0.4 is 0 Å². The summed E-state index contributed by atoms with van der Waals surface area (Å²) in [5.74, 6) is 4.14. The average molecular weight is 427 g/mol. The molecule has 5 rings (SSSR count).